The van der Waals surface area contributed by atoms with Gasteiger partial charge in [0, 0.05) is 6.04 Å². The number of nitrogens with one attached hydrogen (secondary N) is 1. The smallest absolute Gasteiger partial charge is 0.319 e. The Morgan fingerprint density at radius 3 is 2.50 bits per heavy atom. The molecule has 0 atom stereocenters. The maximum absolute atomic E-state index is 11.1. The van der Waals surface area contributed by atoms with Gasteiger partial charge in [0.25, 0.3) is 0 Å². The van der Waals surface area contributed by atoms with Crippen molar-refractivity contribution in [2.45, 2.75) is 18.9 Å². The Labute approximate surface area is 83.7 Å². The Kier molecular flexibility index (Phi) is 3.88. The van der Waals surface area contributed by atoms with E-state index >= 15 is 0 Å². The van der Waals surface area contributed by atoms with Crippen molar-refractivity contribution in [3.05, 3.63) is 0 Å². The SMILES string of the molecule is COC(=O)CNC1CCS(=O)(=O)CC1. The topological polar surface area (TPSA) is 72.5 Å². The van der Waals surface area contributed by atoms with E-state index in [0.29, 0.717) is 12.8 Å². The van der Waals surface area contributed by atoms with Crippen LogP contribution in [0.15, 0.2) is 0 Å². The van der Waals surface area contributed by atoms with Crippen LogP contribution in [0.2, 0.25) is 0 Å². The molecule has 1 N–H and O–H groups in total. The van der Waals surface area contributed by atoms with Crippen LogP contribution in [0.1, 0.15) is 12.8 Å². The van der Waals surface area contributed by atoms with E-state index in [1.165, 1.54) is 7.11 Å². The molecule has 14 heavy (non-hydrogen) atoms. The second-order valence-electron chi connectivity index (χ2n) is 3.38. The van der Waals surface area contributed by atoms with Crippen LogP contribution in [0.3, 0.4) is 0 Å². The van der Waals surface area contributed by atoms with Gasteiger partial charge in [0.1, 0.15) is 9.84 Å². The van der Waals surface area contributed by atoms with Crippen molar-refractivity contribution in [2.24, 2.45) is 0 Å². The van der Waals surface area contributed by atoms with Gasteiger partial charge in [-0.15, -0.1) is 0 Å². The molecule has 0 radical (unpaired) electrons. The zero-order valence-corrected chi connectivity index (χ0v) is 8.97. The van der Waals surface area contributed by atoms with E-state index < -0.39 is 9.84 Å². The molecule has 1 fully saturated rings. The lowest BCUT2D eigenvalue weighted by Gasteiger charge is -2.22. The first-order chi connectivity index (χ1) is 6.53. The molecule has 1 saturated heterocycles. The highest BCUT2D eigenvalue weighted by atomic mass is 32.2. The minimum absolute atomic E-state index is 0.123. The molecule has 0 unspecified atom stereocenters. The minimum atomic E-state index is -2.82. The summed E-state index contributed by atoms with van der Waals surface area (Å²) in [6.07, 6.45) is 1.17. The molecule has 6 heteroatoms. The third kappa shape index (κ3) is 3.63. The maximum atomic E-state index is 11.1. The predicted octanol–water partition coefficient (Wildman–Crippen LogP) is -0.674. The Morgan fingerprint density at radius 2 is 2.00 bits per heavy atom. The third-order valence-corrected chi connectivity index (χ3v) is 4.03. The highest BCUT2D eigenvalue weighted by molar-refractivity contribution is 7.91. The molecule has 0 bridgehead atoms. The quantitative estimate of drug-likeness (QED) is 0.640. The van der Waals surface area contributed by atoms with Gasteiger partial charge in [-0.05, 0) is 12.8 Å². The first-order valence-corrected chi connectivity index (χ1v) is 6.36. The summed E-state index contributed by atoms with van der Waals surface area (Å²) in [7, 11) is -1.49. The lowest BCUT2D eigenvalue weighted by molar-refractivity contribution is -0.139. The molecular weight excluding hydrogens is 206 g/mol. The lowest BCUT2D eigenvalue weighted by Crippen LogP contribution is -2.40. The summed E-state index contributed by atoms with van der Waals surface area (Å²) in [6, 6.07) is 0.123. The Hall–Kier alpha value is -0.620. The Morgan fingerprint density at radius 1 is 1.43 bits per heavy atom. The highest BCUT2D eigenvalue weighted by Gasteiger charge is 2.23. The van der Waals surface area contributed by atoms with E-state index in [4.69, 9.17) is 0 Å². The van der Waals surface area contributed by atoms with Gasteiger partial charge in [0.05, 0.1) is 25.2 Å². The molecule has 0 aliphatic carbocycles. The van der Waals surface area contributed by atoms with Crippen LogP contribution in [-0.4, -0.2) is 45.6 Å². The molecule has 1 aliphatic rings. The van der Waals surface area contributed by atoms with Gasteiger partial charge in [-0.3, -0.25) is 4.79 Å². The zero-order valence-electron chi connectivity index (χ0n) is 8.15. The Balaban J connectivity index is 2.26. The van der Waals surface area contributed by atoms with Crippen LogP contribution in [0, 0.1) is 0 Å². The molecule has 1 aliphatic heterocycles. The van der Waals surface area contributed by atoms with Gasteiger partial charge in [-0.2, -0.15) is 0 Å². The largest absolute Gasteiger partial charge is 0.468 e. The van der Waals surface area contributed by atoms with E-state index in [0.717, 1.165) is 0 Å². The van der Waals surface area contributed by atoms with Gasteiger partial charge in [-0.1, -0.05) is 0 Å². The van der Waals surface area contributed by atoms with Crippen LogP contribution < -0.4 is 5.32 Å². The molecule has 1 rings (SSSR count). The zero-order chi connectivity index (χ0) is 10.6. The summed E-state index contributed by atoms with van der Waals surface area (Å²) >= 11 is 0. The highest BCUT2D eigenvalue weighted by Crippen LogP contribution is 2.11. The van der Waals surface area contributed by atoms with Crippen LogP contribution >= 0.6 is 0 Å². The average Bonchev–Trinajstić information content (AvgIpc) is 2.16. The molecule has 0 saturated carbocycles. The van der Waals surface area contributed by atoms with Crippen molar-refractivity contribution in [1.29, 1.82) is 0 Å². The van der Waals surface area contributed by atoms with Gasteiger partial charge >= 0.3 is 5.97 Å². The van der Waals surface area contributed by atoms with E-state index in [-0.39, 0.29) is 30.1 Å². The molecule has 0 amide bonds. The minimum Gasteiger partial charge on any atom is -0.468 e. The normalized spacial score (nSPS) is 21.8. The fourth-order valence-corrected chi connectivity index (χ4v) is 2.89. The number of esters is 1. The fraction of sp³-hybridized carbons (Fsp3) is 0.875. The van der Waals surface area contributed by atoms with E-state index in [9.17, 15) is 13.2 Å². The number of methoxy groups -OCH3 is 1. The van der Waals surface area contributed by atoms with Crippen molar-refractivity contribution in [2.75, 3.05) is 25.2 Å². The van der Waals surface area contributed by atoms with E-state index in [1.54, 1.807) is 0 Å². The fourth-order valence-electron chi connectivity index (χ4n) is 1.39. The third-order valence-electron chi connectivity index (χ3n) is 2.32. The molecule has 0 aromatic carbocycles. The van der Waals surface area contributed by atoms with Crippen LogP contribution in [0.25, 0.3) is 0 Å². The van der Waals surface area contributed by atoms with E-state index in [2.05, 4.69) is 10.1 Å². The van der Waals surface area contributed by atoms with E-state index in [1.807, 2.05) is 0 Å². The predicted molar refractivity (Wildman–Crippen MR) is 51.7 cm³/mol. The molecule has 0 aromatic rings. The molecule has 0 spiro atoms. The standard InChI is InChI=1S/C8H15NO4S/c1-13-8(10)6-9-7-2-4-14(11,12)5-3-7/h7,9H,2-6H2,1H3. The molecule has 5 nitrogen and oxygen atoms in total. The number of hydrogen-bond acceptors (Lipinski definition) is 5. The average molecular weight is 221 g/mol. The molecule has 82 valence electrons. The monoisotopic (exact) mass is 221 g/mol. The number of carbonyl (C=O) groups excluding carboxylic acids is 1. The number of hydrogen-bond donors (Lipinski definition) is 1. The van der Waals surface area contributed by atoms with Gasteiger partial charge in [-0.25, -0.2) is 8.42 Å². The molecule has 1 heterocycles. The summed E-state index contributed by atoms with van der Waals surface area (Å²) in [5.41, 5.74) is 0. The number of sulfone groups is 1. The first-order valence-electron chi connectivity index (χ1n) is 4.54. The second kappa shape index (κ2) is 4.75. The second-order valence-corrected chi connectivity index (χ2v) is 5.69. The maximum Gasteiger partial charge on any atom is 0.319 e. The summed E-state index contributed by atoms with van der Waals surface area (Å²) in [4.78, 5) is 10.8. The number of carbonyl (C=O) groups is 1. The van der Waals surface area contributed by atoms with Crippen LogP contribution in [0.5, 0.6) is 0 Å². The van der Waals surface area contributed by atoms with Crippen molar-refractivity contribution >= 4 is 15.8 Å². The van der Waals surface area contributed by atoms with Crippen molar-refractivity contribution < 1.29 is 17.9 Å². The van der Waals surface area contributed by atoms with Crippen molar-refractivity contribution in [3.63, 3.8) is 0 Å². The summed E-state index contributed by atoms with van der Waals surface area (Å²) in [5, 5.41) is 2.97. The van der Waals surface area contributed by atoms with Crippen molar-refractivity contribution in [1.82, 2.24) is 5.32 Å². The van der Waals surface area contributed by atoms with Crippen LogP contribution in [-0.2, 0) is 19.4 Å². The summed E-state index contributed by atoms with van der Waals surface area (Å²) in [6.45, 7) is 0.154. The molecular formula is C8H15NO4S. The Bertz CT molecular complexity index is 284. The summed E-state index contributed by atoms with van der Waals surface area (Å²) < 4.78 is 26.6. The van der Waals surface area contributed by atoms with Crippen LogP contribution in [0.4, 0.5) is 0 Å². The number of rotatable bonds is 3. The van der Waals surface area contributed by atoms with Gasteiger partial charge < -0.3 is 10.1 Å². The first kappa shape index (κ1) is 11.5. The lowest BCUT2D eigenvalue weighted by atomic mass is 10.1. The van der Waals surface area contributed by atoms with Crippen molar-refractivity contribution in [3.8, 4) is 0 Å². The molecule has 0 aromatic heterocycles. The number of ether oxygens (including phenoxy) is 1. The van der Waals surface area contributed by atoms with Gasteiger partial charge in [0.2, 0.25) is 0 Å². The van der Waals surface area contributed by atoms with Gasteiger partial charge in [0.15, 0.2) is 0 Å². The summed E-state index contributed by atoms with van der Waals surface area (Å²) in [5.74, 6) is 0.107.